The second kappa shape index (κ2) is 7.61. The largest absolute Gasteiger partial charge is 0.461 e. The van der Waals surface area contributed by atoms with E-state index in [-0.39, 0.29) is 6.42 Å². The molecule has 1 fully saturated rings. The van der Waals surface area contributed by atoms with Gasteiger partial charge in [-0.3, -0.25) is 4.79 Å². The van der Waals surface area contributed by atoms with Crippen LogP contribution in [-0.2, 0) is 16.1 Å². The first-order chi connectivity index (χ1) is 10.5. The molecule has 0 aromatic heterocycles. The van der Waals surface area contributed by atoms with E-state index < -0.39 is 41.4 Å². The Hall–Kier alpha value is -1.59. The van der Waals surface area contributed by atoms with Gasteiger partial charge in [0.25, 0.3) is 0 Å². The van der Waals surface area contributed by atoms with Gasteiger partial charge in [0.2, 0.25) is 0 Å². The van der Waals surface area contributed by atoms with Gasteiger partial charge in [-0.1, -0.05) is 32.1 Å². The summed E-state index contributed by atoms with van der Waals surface area (Å²) in [7, 11) is 0. The van der Waals surface area contributed by atoms with Crippen molar-refractivity contribution in [1.29, 1.82) is 0 Å². The summed E-state index contributed by atoms with van der Waals surface area (Å²) in [6.07, 6.45) is 6.64. The highest BCUT2D eigenvalue weighted by atomic mass is 19.2. The summed E-state index contributed by atoms with van der Waals surface area (Å²) in [6, 6.07) is 0.502. The SMILES string of the molecule is O=C(CCC1CCCCC1)OCc1cc(F)c(F)c(F)c1F. The van der Waals surface area contributed by atoms with E-state index in [1.807, 2.05) is 0 Å². The number of rotatable bonds is 5. The van der Waals surface area contributed by atoms with Crippen LogP contribution in [0.15, 0.2) is 6.07 Å². The number of ether oxygens (including phenoxy) is 1. The van der Waals surface area contributed by atoms with E-state index in [1.165, 1.54) is 19.3 Å². The Morgan fingerprint density at radius 2 is 1.73 bits per heavy atom. The number of carbonyl (C=O) groups excluding carboxylic acids is 1. The van der Waals surface area contributed by atoms with Crippen LogP contribution < -0.4 is 0 Å². The lowest BCUT2D eigenvalue weighted by atomic mass is 9.86. The van der Waals surface area contributed by atoms with Gasteiger partial charge >= 0.3 is 5.97 Å². The second-order valence-corrected chi connectivity index (χ2v) is 5.66. The minimum Gasteiger partial charge on any atom is -0.461 e. The van der Waals surface area contributed by atoms with Gasteiger partial charge in [0.05, 0.1) is 0 Å². The molecule has 0 unspecified atom stereocenters. The van der Waals surface area contributed by atoms with Crippen molar-refractivity contribution in [2.75, 3.05) is 0 Å². The summed E-state index contributed by atoms with van der Waals surface area (Å²) in [5.41, 5.74) is -0.512. The summed E-state index contributed by atoms with van der Waals surface area (Å²) in [5.74, 6) is -6.85. The van der Waals surface area contributed by atoms with E-state index in [0.29, 0.717) is 18.4 Å². The van der Waals surface area contributed by atoms with E-state index >= 15 is 0 Å². The van der Waals surface area contributed by atoms with E-state index in [4.69, 9.17) is 4.74 Å². The Balaban J connectivity index is 1.83. The predicted octanol–water partition coefficient (Wildman–Crippen LogP) is 4.65. The monoisotopic (exact) mass is 318 g/mol. The van der Waals surface area contributed by atoms with Crippen molar-refractivity contribution < 1.29 is 27.1 Å². The van der Waals surface area contributed by atoms with Gasteiger partial charge in [0, 0.05) is 12.0 Å². The fourth-order valence-corrected chi connectivity index (χ4v) is 2.76. The van der Waals surface area contributed by atoms with Crippen LogP contribution in [0.4, 0.5) is 17.6 Å². The maximum absolute atomic E-state index is 13.4. The van der Waals surface area contributed by atoms with Crippen molar-refractivity contribution in [2.24, 2.45) is 5.92 Å². The smallest absolute Gasteiger partial charge is 0.306 e. The third-order valence-electron chi connectivity index (χ3n) is 4.05. The molecule has 2 nitrogen and oxygen atoms in total. The van der Waals surface area contributed by atoms with Gasteiger partial charge < -0.3 is 4.74 Å². The Bertz CT molecular complexity index is 539. The average molecular weight is 318 g/mol. The minimum absolute atomic E-state index is 0.193. The van der Waals surface area contributed by atoms with Crippen molar-refractivity contribution in [3.63, 3.8) is 0 Å². The number of esters is 1. The fraction of sp³-hybridized carbons (Fsp3) is 0.562. The lowest BCUT2D eigenvalue weighted by Gasteiger charge is -2.20. The van der Waals surface area contributed by atoms with Crippen LogP contribution in [0.25, 0.3) is 0 Å². The molecule has 1 saturated carbocycles. The molecule has 1 aromatic carbocycles. The quantitative estimate of drug-likeness (QED) is 0.342. The molecular weight excluding hydrogens is 300 g/mol. The molecule has 0 N–H and O–H groups in total. The molecule has 0 aliphatic heterocycles. The van der Waals surface area contributed by atoms with Crippen molar-refractivity contribution in [3.05, 3.63) is 34.9 Å². The fourth-order valence-electron chi connectivity index (χ4n) is 2.76. The average Bonchev–Trinajstić information content (AvgIpc) is 2.54. The van der Waals surface area contributed by atoms with Crippen LogP contribution in [0.2, 0.25) is 0 Å². The molecular formula is C16H18F4O2. The Morgan fingerprint density at radius 3 is 2.41 bits per heavy atom. The topological polar surface area (TPSA) is 26.3 Å². The number of carbonyl (C=O) groups is 1. The Morgan fingerprint density at radius 1 is 1.05 bits per heavy atom. The summed E-state index contributed by atoms with van der Waals surface area (Å²) < 4.78 is 57.1. The van der Waals surface area contributed by atoms with Crippen LogP contribution in [0.3, 0.4) is 0 Å². The second-order valence-electron chi connectivity index (χ2n) is 5.66. The zero-order valence-electron chi connectivity index (χ0n) is 12.1. The Kier molecular flexibility index (Phi) is 5.80. The number of hydrogen-bond donors (Lipinski definition) is 0. The molecule has 0 spiro atoms. The number of hydrogen-bond acceptors (Lipinski definition) is 2. The van der Waals surface area contributed by atoms with E-state index in [0.717, 1.165) is 12.8 Å². The minimum atomic E-state index is -1.90. The van der Waals surface area contributed by atoms with Crippen LogP contribution in [0, 0.1) is 29.2 Å². The molecule has 1 aromatic rings. The van der Waals surface area contributed by atoms with Gasteiger partial charge in [-0.2, -0.15) is 0 Å². The first kappa shape index (κ1) is 16.8. The van der Waals surface area contributed by atoms with Crippen molar-refractivity contribution in [3.8, 4) is 0 Å². The number of benzene rings is 1. The van der Waals surface area contributed by atoms with Gasteiger partial charge in [0.15, 0.2) is 23.3 Å². The van der Waals surface area contributed by atoms with Gasteiger partial charge in [-0.15, -0.1) is 0 Å². The lowest BCUT2D eigenvalue weighted by Crippen LogP contribution is -2.12. The molecule has 0 atom stereocenters. The standard InChI is InChI=1S/C16H18F4O2/c17-12-8-11(14(18)16(20)15(12)19)9-22-13(21)7-6-10-4-2-1-3-5-10/h8,10H,1-7,9H2. The molecule has 0 radical (unpaired) electrons. The first-order valence-corrected chi connectivity index (χ1v) is 7.46. The van der Waals surface area contributed by atoms with Crippen molar-refractivity contribution in [2.45, 2.75) is 51.6 Å². The maximum Gasteiger partial charge on any atom is 0.306 e. The summed E-state index contributed by atoms with van der Waals surface area (Å²) in [6.45, 7) is -0.608. The van der Waals surface area contributed by atoms with Crippen LogP contribution in [0.5, 0.6) is 0 Å². The molecule has 0 amide bonds. The molecule has 0 saturated heterocycles. The Labute approximate surface area is 126 Å². The highest BCUT2D eigenvalue weighted by Gasteiger charge is 2.20. The van der Waals surface area contributed by atoms with Crippen LogP contribution in [0.1, 0.15) is 50.5 Å². The zero-order valence-corrected chi connectivity index (χ0v) is 12.1. The third kappa shape index (κ3) is 4.21. The zero-order chi connectivity index (χ0) is 16.1. The maximum atomic E-state index is 13.4. The van der Waals surface area contributed by atoms with Gasteiger partial charge in [-0.05, 0) is 18.4 Å². The van der Waals surface area contributed by atoms with Gasteiger partial charge in [0.1, 0.15) is 6.61 Å². The molecule has 22 heavy (non-hydrogen) atoms. The molecule has 0 bridgehead atoms. The molecule has 1 aliphatic carbocycles. The molecule has 0 heterocycles. The molecule has 2 rings (SSSR count). The molecule has 122 valence electrons. The van der Waals surface area contributed by atoms with Crippen LogP contribution in [-0.4, -0.2) is 5.97 Å². The highest BCUT2D eigenvalue weighted by molar-refractivity contribution is 5.69. The lowest BCUT2D eigenvalue weighted by molar-refractivity contribution is -0.145. The predicted molar refractivity (Wildman–Crippen MR) is 71.9 cm³/mol. The summed E-state index contributed by atoms with van der Waals surface area (Å²) >= 11 is 0. The van der Waals surface area contributed by atoms with Crippen molar-refractivity contribution in [1.82, 2.24) is 0 Å². The van der Waals surface area contributed by atoms with E-state index in [9.17, 15) is 22.4 Å². The number of halogens is 4. The first-order valence-electron chi connectivity index (χ1n) is 7.46. The van der Waals surface area contributed by atoms with Crippen LogP contribution >= 0.6 is 0 Å². The normalized spacial score (nSPS) is 15.8. The van der Waals surface area contributed by atoms with E-state index in [1.54, 1.807) is 0 Å². The van der Waals surface area contributed by atoms with Gasteiger partial charge in [-0.25, -0.2) is 17.6 Å². The summed E-state index contributed by atoms with van der Waals surface area (Å²) in [4.78, 5) is 11.6. The highest BCUT2D eigenvalue weighted by Crippen LogP contribution is 2.27. The third-order valence-corrected chi connectivity index (χ3v) is 4.05. The molecule has 1 aliphatic rings. The van der Waals surface area contributed by atoms with Crippen molar-refractivity contribution >= 4 is 5.97 Å². The van der Waals surface area contributed by atoms with E-state index in [2.05, 4.69) is 0 Å². The molecule has 6 heteroatoms. The summed E-state index contributed by atoms with van der Waals surface area (Å²) in [5, 5.41) is 0.